The van der Waals surface area contributed by atoms with Crippen molar-refractivity contribution in [2.75, 3.05) is 26.0 Å². The van der Waals surface area contributed by atoms with Crippen LogP contribution in [0, 0.1) is 0 Å². The van der Waals surface area contributed by atoms with Crippen molar-refractivity contribution < 1.29 is 32.6 Å². The zero-order valence-corrected chi connectivity index (χ0v) is 26.5. The van der Waals surface area contributed by atoms with E-state index in [9.17, 15) is 23.2 Å². The third-order valence-corrected chi connectivity index (χ3v) is 9.22. The second-order valence-corrected chi connectivity index (χ2v) is 12.5. The summed E-state index contributed by atoms with van der Waals surface area (Å²) in [5.74, 6) is -0.757. The number of nitrogens with zero attached hydrogens (tertiary/aromatic N) is 4. The lowest BCUT2D eigenvalue weighted by Gasteiger charge is -2.53. The van der Waals surface area contributed by atoms with Crippen molar-refractivity contribution in [2.24, 2.45) is 0 Å². The maximum absolute atomic E-state index is 13.3. The number of ether oxygens (including phenoxy) is 2. The fourth-order valence-electron chi connectivity index (χ4n) is 6.56. The molecule has 13 heteroatoms. The van der Waals surface area contributed by atoms with E-state index < -0.39 is 12.2 Å². The van der Waals surface area contributed by atoms with Crippen molar-refractivity contribution in [1.29, 1.82) is 0 Å². The van der Waals surface area contributed by atoms with Crippen LogP contribution in [-0.2, 0) is 25.2 Å². The van der Waals surface area contributed by atoms with Crippen molar-refractivity contribution >= 4 is 23.4 Å². The average Bonchev–Trinajstić information content (AvgIpc) is 3.62. The zero-order chi connectivity index (χ0) is 33.6. The van der Waals surface area contributed by atoms with Gasteiger partial charge in [-0.05, 0) is 72.9 Å². The molecule has 11 nitrogen and oxygen atoms in total. The molecule has 1 saturated carbocycles. The Morgan fingerprint density at radius 2 is 1.56 bits per heavy atom. The Morgan fingerprint density at radius 1 is 0.875 bits per heavy atom. The molecule has 1 spiro atoms. The molecule has 0 bridgehead atoms. The molecule has 7 rings (SSSR count). The minimum atomic E-state index is -3.76. The summed E-state index contributed by atoms with van der Waals surface area (Å²) in [7, 11) is 3.48. The molecule has 48 heavy (non-hydrogen) atoms. The molecule has 0 unspecified atom stereocenters. The van der Waals surface area contributed by atoms with Crippen molar-refractivity contribution in [2.45, 2.75) is 50.7 Å². The van der Waals surface area contributed by atoms with Crippen molar-refractivity contribution in [3.8, 4) is 11.5 Å². The number of imidazole rings is 1. The average molecular weight is 657 g/mol. The molecule has 248 valence electrons. The van der Waals surface area contributed by atoms with Crippen LogP contribution in [0.5, 0.6) is 11.5 Å². The van der Waals surface area contributed by atoms with Crippen LogP contribution in [0.3, 0.4) is 0 Å². The number of hydrogen-bond acceptors (Lipinski definition) is 7. The maximum Gasteiger partial charge on any atom is 0.586 e. The molecule has 2 aliphatic heterocycles. The molecule has 0 radical (unpaired) electrons. The van der Waals surface area contributed by atoms with Gasteiger partial charge in [0.15, 0.2) is 17.3 Å². The topological polar surface area (TPSA) is 118 Å². The first kappa shape index (κ1) is 31.3. The summed E-state index contributed by atoms with van der Waals surface area (Å²) < 4.78 is 37.5. The molecule has 0 atom stereocenters. The molecule has 4 aromatic rings. The van der Waals surface area contributed by atoms with Gasteiger partial charge >= 0.3 is 6.29 Å². The Morgan fingerprint density at radius 3 is 2.25 bits per heavy atom. The molecule has 1 aliphatic carbocycles. The number of aromatic nitrogens is 2. The summed E-state index contributed by atoms with van der Waals surface area (Å²) in [6.45, 7) is 2.41. The third kappa shape index (κ3) is 5.85. The van der Waals surface area contributed by atoms with Crippen LogP contribution >= 0.6 is 0 Å². The Balaban J connectivity index is 0.962. The van der Waals surface area contributed by atoms with Crippen LogP contribution < -0.4 is 20.1 Å². The Hall–Kier alpha value is -5.30. The van der Waals surface area contributed by atoms with Crippen molar-refractivity contribution in [3.05, 3.63) is 107 Å². The van der Waals surface area contributed by atoms with E-state index in [4.69, 9.17) is 0 Å². The fourth-order valence-corrected chi connectivity index (χ4v) is 6.56. The SMILES string of the molecule is CN(C)C(=O)c1ccc(CN2CCn3c(cnc3C(=O)NCc3ccc(NC(=O)c4ccc5c(c4)OC(F)(F)O5)cc3)C23CCC3)cc1. The largest absolute Gasteiger partial charge is 0.586 e. The Bertz CT molecular complexity index is 1890. The molecule has 2 N–H and O–H groups in total. The quantitative estimate of drug-likeness (QED) is 0.275. The molecule has 3 amide bonds. The summed E-state index contributed by atoms with van der Waals surface area (Å²) in [6, 6.07) is 18.6. The number of nitrogens with one attached hydrogen (secondary N) is 2. The van der Waals surface area contributed by atoms with Gasteiger partial charge in [0.1, 0.15) is 0 Å². The Kier molecular flexibility index (Phi) is 7.86. The lowest BCUT2D eigenvalue weighted by molar-refractivity contribution is -0.286. The number of carbonyl (C=O) groups excluding carboxylic acids is 3. The van der Waals surface area contributed by atoms with Crippen LogP contribution in [0.25, 0.3) is 0 Å². The lowest BCUT2D eigenvalue weighted by atomic mass is 9.72. The standard InChI is InChI=1S/C35H34F2N6O5/c1-41(2)33(46)24-8-4-23(5-9-24)21-42-16-17-43-29(34(42)14-3-15-34)20-38-30(43)32(45)39-19-22-6-11-26(12-7-22)40-31(44)25-10-13-27-28(18-25)48-35(36,37)47-27/h4-13,18,20H,3,14-17,19,21H2,1-2H3,(H,39,45)(H,40,44). The van der Waals surface area contributed by atoms with Crippen LogP contribution in [0.1, 0.15) is 67.4 Å². The number of rotatable bonds is 8. The van der Waals surface area contributed by atoms with Gasteiger partial charge in [0.25, 0.3) is 17.7 Å². The first-order valence-electron chi connectivity index (χ1n) is 15.7. The molecule has 0 saturated heterocycles. The third-order valence-electron chi connectivity index (χ3n) is 9.22. The summed E-state index contributed by atoms with van der Waals surface area (Å²) >= 11 is 0. The second kappa shape index (κ2) is 12.1. The summed E-state index contributed by atoms with van der Waals surface area (Å²) in [5, 5.41) is 5.69. The molecular weight excluding hydrogens is 622 g/mol. The first-order chi connectivity index (χ1) is 23.0. The molecule has 1 fully saturated rings. The van der Waals surface area contributed by atoms with Crippen LogP contribution in [0.15, 0.2) is 72.9 Å². The van der Waals surface area contributed by atoms with Crippen molar-refractivity contribution in [3.63, 3.8) is 0 Å². The predicted octanol–water partition coefficient (Wildman–Crippen LogP) is 4.98. The Labute approximate surface area is 275 Å². The number of halogens is 2. The number of amides is 3. The number of anilines is 1. The molecular formula is C35H34F2N6O5. The minimum absolute atomic E-state index is 0.0239. The van der Waals surface area contributed by atoms with Gasteiger partial charge in [-0.2, -0.15) is 0 Å². The number of fused-ring (bicyclic) bond motifs is 3. The van der Waals surface area contributed by atoms with Gasteiger partial charge in [-0.25, -0.2) is 4.98 Å². The normalized spacial score (nSPS) is 16.9. The van der Waals surface area contributed by atoms with Gasteiger partial charge in [-0.1, -0.05) is 24.3 Å². The molecule has 1 aromatic heterocycles. The highest BCUT2D eigenvalue weighted by Crippen LogP contribution is 2.49. The maximum atomic E-state index is 13.3. The van der Waals surface area contributed by atoms with E-state index in [1.807, 2.05) is 35.0 Å². The van der Waals surface area contributed by atoms with E-state index in [1.165, 1.54) is 18.2 Å². The summed E-state index contributed by atoms with van der Waals surface area (Å²) in [6.07, 6.45) is 1.16. The molecule has 3 aromatic carbocycles. The van der Waals surface area contributed by atoms with E-state index in [2.05, 4.69) is 30.0 Å². The van der Waals surface area contributed by atoms with E-state index in [1.54, 1.807) is 43.3 Å². The summed E-state index contributed by atoms with van der Waals surface area (Å²) in [5.41, 5.74) is 4.12. The van der Waals surface area contributed by atoms with Crippen LogP contribution in [0.4, 0.5) is 14.5 Å². The zero-order valence-electron chi connectivity index (χ0n) is 26.5. The fraction of sp³-hybridized carbons (Fsp3) is 0.314. The van der Waals surface area contributed by atoms with Gasteiger partial charge in [0, 0.05) is 57.1 Å². The van der Waals surface area contributed by atoms with E-state index in [-0.39, 0.29) is 41.0 Å². The highest BCUT2D eigenvalue weighted by atomic mass is 19.3. The monoisotopic (exact) mass is 656 g/mol. The van der Waals surface area contributed by atoms with E-state index >= 15 is 0 Å². The van der Waals surface area contributed by atoms with Crippen LogP contribution in [-0.4, -0.2) is 64.0 Å². The highest BCUT2D eigenvalue weighted by molar-refractivity contribution is 6.04. The van der Waals surface area contributed by atoms with Gasteiger partial charge in [0.05, 0.1) is 17.4 Å². The number of carbonyl (C=O) groups is 3. The number of alkyl halides is 2. The first-order valence-corrected chi connectivity index (χ1v) is 15.7. The number of hydrogen-bond donors (Lipinski definition) is 2. The van der Waals surface area contributed by atoms with Crippen molar-refractivity contribution in [1.82, 2.24) is 24.7 Å². The van der Waals surface area contributed by atoms with Gasteiger partial charge in [0.2, 0.25) is 0 Å². The highest BCUT2D eigenvalue weighted by Gasteiger charge is 2.49. The predicted molar refractivity (Wildman–Crippen MR) is 171 cm³/mol. The summed E-state index contributed by atoms with van der Waals surface area (Å²) in [4.78, 5) is 46.9. The van der Waals surface area contributed by atoms with E-state index in [0.29, 0.717) is 23.6 Å². The molecule has 3 aliphatic rings. The van der Waals surface area contributed by atoms with E-state index in [0.717, 1.165) is 49.2 Å². The minimum Gasteiger partial charge on any atom is -0.395 e. The van der Waals surface area contributed by atoms with Gasteiger partial charge in [-0.15, -0.1) is 8.78 Å². The van der Waals surface area contributed by atoms with Gasteiger partial charge in [-0.3, -0.25) is 19.3 Å². The smallest absolute Gasteiger partial charge is 0.395 e. The van der Waals surface area contributed by atoms with Crippen LogP contribution in [0.2, 0.25) is 0 Å². The molecule has 3 heterocycles. The lowest BCUT2D eigenvalue weighted by Crippen LogP contribution is -2.56. The number of benzene rings is 3. The van der Waals surface area contributed by atoms with Gasteiger partial charge < -0.3 is 29.6 Å². The second-order valence-electron chi connectivity index (χ2n) is 12.5.